The summed E-state index contributed by atoms with van der Waals surface area (Å²) in [4.78, 5) is 0. The van der Waals surface area contributed by atoms with Crippen molar-refractivity contribution in [2.24, 2.45) is 5.41 Å². The van der Waals surface area contributed by atoms with E-state index < -0.39 is 6.29 Å². The van der Waals surface area contributed by atoms with E-state index in [9.17, 15) is 5.11 Å². The van der Waals surface area contributed by atoms with Gasteiger partial charge in [-0.05, 0) is 11.8 Å². The highest BCUT2D eigenvalue weighted by molar-refractivity contribution is 4.62. The van der Waals surface area contributed by atoms with Crippen LogP contribution in [0.3, 0.4) is 0 Å². The van der Waals surface area contributed by atoms with Crippen molar-refractivity contribution in [3.05, 3.63) is 0 Å². The van der Waals surface area contributed by atoms with E-state index in [2.05, 4.69) is 27.7 Å². The lowest BCUT2D eigenvalue weighted by atomic mass is 9.92. The zero-order valence-corrected chi connectivity index (χ0v) is 10.8. The first kappa shape index (κ1) is 14.9. The van der Waals surface area contributed by atoms with Crippen LogP contribution < -0.4 is 0 Å². The maximum absolute atomic E-state index is 11.4. The fourth-order valence-electron chi connectivity index (χ4n) is 1.48. The summed E-state index contributed by atoms with van der Waals surface area (Å²) < 4.78 is 5.24. The molecule has 0 aromatic heterocycles. The van der Waals surface area contributed by atoms with E-state index in [0.717, 1.165) is 6.42 Å². The molecule has 2 nitrogen and oxygen atoms in total. The maximum Gasteiger partial charge on any atom is 0.191 e. The predicted molar refractivity (Wildman–Crippen MR) is 63.3 cm³/mol. The number of hydrogen-bond acceptors (Lipinski definition) is 1. The largest absolute Gasteiger partial charge is 0.350 e. The van der Waals surface area contributed by atoms with Crippen LogP contribution in [0.4, 0.5) is 0 Å². The molecule has 1 unspecified atom stereocenters. The van der Waals surface area contributed by atoms with E-state index in [0.29, 0.717) is 13.0 Å². The van der Waals surface area contributed by atoms with Crippen LogP contribution in [0.15, 0.2) is 0 Å². The molecule has 0 bridgehead atoms. The third-order valence-corrected chi connectivity index (χ3v) is 2.33. The molecule has 2 heteroatoms. The van der Waals surface area contributed by atoms with E-state index in [1.807, 2.05) is 0 Å². The van der Waals surface area contributed by atoms with Crippen molar-refractivity contribution in [3.8, 4) is 0 Å². The summed E-state index contributed by atoms with van der Waals surface area (Å²) in [5, 5.41) is 11.4. The Kier molecular flexibility index (Phi) is 8.07. The molecule has 0 fully saturated rings. The second kappa shape index (κ2) is 8.12. The summed E-state index contributed by atoms with van der Waals surface area (Å²) in [5.74, 6) is 0. The van der Waals surface area contributed by atoms with Crippen LogP contribution >= 0.6 is 0 Å². The van der Waals surface area contributed by atoms with E-state index in [4.69, 9.17) is 4.74 Å². The van der Waals surface area contributed by atoms with E-state index >= 15 is 0 Å². The van der Waals surface area contributed by atoms with Gasteiger partial charge >= 0.3 is 0 Å². The quantitative estimate of drug-likeness (QED) is 0.441. The zero-order chi connectivity index (χ0) is 11.7. The van der Waals surface area contributed by atoms with Crippen molar-refractivity contribution in [3.63, 3.8) is 0 Å². The Morgan fingerprint density at radius 1 is 1.07 bits per heavy atom. The van der Waals surface area contributed by atoms with Gasteiger partial charge in [-0.2, -0.15) is 0 Å². The second-order valence-electron chi connectivity index (χ2n) is 5.48. The molecule has 0 saturated heterocycles. The molecule has 0 aliphatic carbocycles. The van der Waals surface area contributed by atoms with Gasteiger partial charge in [-0.1, -0.05) is 53.4 Å². The smallest absolute Gasteiger partial charge is 0.191 e. The van der Waals surface area contributed by atoms with Crippen molar-refractivity contribution < 1.29 is 9.84 Å². The predicted octanol–water partition coefficient (Wildman–Crippen LogP) is 4.17. The van der Waals surface area contributed by atoms with Gasteiger partial charge in [-0.15, -0.1) is 0 Å². The molecular weight excluding hydrogens is 188 g/mol. The SMILES string of the molecule is CCCCCCCOC([O])CC(C)(C)C. The van der Waals surface area contributed by atoms with Gasteiger partial charge in [0.1, 0.15) is 0 Å². The minimum absolute atomic E-state index is 0.0780. The molecule has 0 aromatic carbocycles. The number of ether oxygens (including phenoxy) is 1. The lowest BCUT2D eigenvalue weighted by molar-refractivity contribution is -0.156. The standard InChI is InChI=1S/C13H27O2/c1-5-6-7-8-9-10-15-12(14)11-13(2,3)4/h12H,5-11H2,1-4H3. The zero-order valence-electron chi connectivity index (χ0n) is 10.8. The first-order chi connectivity index (χ1) is 6.95. The topological polar surface area (TPSA) is 29.1 Å². The Morgan fingerprint density at radius 2 is 1.67 bits per heavy atom. The van der Waals surface area contributed by atoms with Crippen LogP contribution in [0.5, 0.6) is 0 Å². The van der Waals surface area contributed by atoms with Crippen LogP contribution in [0, 0.1) is 5.41 Å². The van der Waals surface area contributed by atoms with Gasteiger partial charge in [0.15, 0.2) is 6.29 Å². The van der Waals surface area contributed by atoms with Gasteiger partial charge in [0.05, 0.1) is 0 Å². The Labute approximate surface area is 95.0 Å². The summed E-state index contributed by atoms with van der Waals surface area (Å²) in [7, 11) is 0. The Balaban J connectivity index is 3.28. The Hall–Kier alpha value is -0.0800. The average Bonchev–Trinajstić information content (AvgIpc) is 2.08. The maximum atomic E-state index is 11.4. The van der Waals surface area contributed by atoms with Crippen LogP contribution in [-0.2, 0) is 9.84 Å². The van der Waals surface area contributed by atoms with Crippen LogP contribution in [0.2, 0.25) is 0 Å². The molecule has 15 heavy (non-hydrogen) atoms. The summed E-state index contributed by atoms with van der Waals surface area (Å²) in [5.41, 5.74) is 0.0780. The van der Waals surface area contributed by atoms with Gasteiger partial charge in [0.2, 0.25) is 0 Å². The summed E-state index contributed by atoms with van der Waals surface area (Å²) >= 11 is 0. The third kappa shape index (κ3) is 11.8. The molecular formula is C13H27O2. The Morgan fingerprint density at radius 3 is 2.20 bits per heavy atom. The van der Waals surface area contributed by atoms with Crippen molar-refractivity contribution in [2.45, 2.75) is 72.5 Å². The molecule has 0 rings (SSSR count). The molecule has 0 aliphatic rings. The van der Waals surface area contributed by atoms with Crippen molar-refractivity contribution >= 4 is 0 Å². The van der Waals surface area contributed by atoms with E-state index in [-0.39, 0.29) is 5.41 Å². The van der Waals surface area contributed by atoms with Crippen molar-refractivity contribution in [1.82, 2.24) is 0 Å². The molecule has 0 saturated carbocycles. The average molecular weight is 215 g/mol. The minimum atomic E-state index is -0.837. The van der Waals surface area contributed by atoms with E-state index in [1.54, 1.807) is 0 Å². The highest BCUT2D eigenvalue weighted by atomic mass is 16.6. The molecule has 0 amide bonds. The number of rotatable bonds is 8. The number of unbranched alkanes of at least 4 members (excludes halogenated alkanes) is 4. The second-order valence-corrected chi connectivity index (χ2v) is 5.48. The highest BCUT2D eigenvalue weighted by Gasteiger charge is 2.17. The van der Waals surface area contributed by atoms with Crippen molar-refractivity contribution in [2.75, 3.05) is 6.61 Å². The highest BCUT2D eigenvalue weighted by Crippen LogP contribution is 2.21. The lowest BCUT2D eigenvalue weighted by Gasteiger charge is -2.20. The van der Waals surface area contributed by atoms with Gasteiger partial charge in [-0.3, -0.25) is 0 Å². The van der Waals surface area contributed by atoms with Crippen LogP contribution in [-0.4, -0.2) is 12.9 Å². The van der Waals surface area contributed by atoms with Gasteiger partial charge in [-0.25, -0.2) is 5.11 Å². The van der Waals surface area contributed by atoms with Gasteiger partial charge in [0.25, 0.3) is 0 Å². The third-order valence-electron chi connectivity index (χ3n) is 2.33. The number of hydrogen-bond donors (Lipinski definition) is 0. The van der Waals surface area contributed by atoms with Gasteiger partial charge in [0, 0.05) is 13.0 Å². The fraction of sp³-hybridized carbons (Fsp3) is 1.00. The first-order valence-electron chi connectivity index (χ1n) is 6.23. The normalized spacial score (nSPS) is 14.2. The van der Waals surface area contributed by atoms with E-state index in [1.165, 1.54) is 25.7 Å². The Bertz CT molecular complexity index is 138. The monoisotopic (exact) mass is 215 g/mol. The fourth-order valence-corrected chi connectivity index (χ4v) is 1.48. The summed E-state index contributed by atoms with van der Waals surface area (Å²) in [6.07, 6.45) is 5.80. The summed E-state index contributed by atoms with van der Waals surface area (Å²) in [6.45, 7) is 9.05. The molecule has 0 N–H and O–H groups in total. The minimum Gasteiger partial charge on any atom is -0.350 e. The molecule has 91 valence electrons. The van der Waals surface area contributed by atoms with Gasteiger partial charge < -0.3 is 4.74 Å². The van der Waals surface area contributed by atoms with Crippen LogP contribution in [0.1, 0.15) is 66.2 Å². The molecule has 1 radical (unpaired) electrons. The lowest BCUT2D eigenvalue weighted by Crippen LogP contribution is -2.19. The molecule has 0 spiro atoms. The molecule has 0 aliphatic heterocycles. The molecule has 0 aromatic rings. The van der Waals surface area contributed by atoms with Crippen LogP contribution in [0.25, 0.3) is 0 Å². The molecule has 1 atom stereocenters. The first-order valence-corrected chi connectivity index (χ1v) is 6.23. The molecule has 0 heterocycles. The summed E-state index contributed by atoms with van der Waals surface area (Å²) in [6, 6.07) is 0. The van der Waals surface area contributed by atoms with Crippen molar-refractivity contribution in [1.29, 1.82) is 0 Å².